The molecule has 2 amide bonds. The smallest absolute Gasteiger partial charge is 0.315 e. The molecule has 1 fully saturated rings. The maximum atomic E-state index is 11.7. The quantitative estimate of drug-likeness (QED) is 0.835. The van der Waals surface area contributed by atoms with Gasteiger partial charge in [0, 0.05) is 29.7 Å². The molecule has 0 aromatic carbocycles. The Labute approximate surface area is 118 Å². The Morgan fingerprint density at radius 3 is 2.89 bits per heavy atom. The summed E-state index contributed by atoms with van der Waals surface area (Å²) in [4.78, 5) is 19.4. The van der Waals surface area contributed by atoms with Gasteiger partial charge in [-0.15, -0.1) is 11.3 Å². The number of carbonyl (C=O) groups is 1. The van der Waals surface area contributed by atoms with Gasteiger partial charge in [-0.25, -0.2) is 9.78 Å². The number of nitrogens with one attached hydrogen (secondary N) is 2. The van der Waals surface area contributed by atoms with Crippen molar-refractivity contribution < 1.29 is 4.79 Å². The zero-order valence-corrected chi connectivity index (χ0v) is 12.6. The molecule has 1 aliphatic rings. The molecule has 1 saturated carbocycles. The Morgan fingerprint density at radius 1 is 1.58 bits per heavy atom. The van der Waals surface area contributed by atoms with Crippen LogP contribution in [0.25, 0.3) is 0 Å². The Morgan fingerprint density at radius 2 is 2.32 bits per heavy atom. The third-order valence-corrected chi connectivity index (χ3v) is 4.36. The van der Waals surface area contributed by atoms with Gasteiger partial charge in [0.1, 0.15) is 5.01 Å². The Balaban J connectivity index is 1.63. The Bertz CT molecular complexity index is 430. The minimum absolute atomic E-state index is 0.121. The van der Waals surface area contributed by atoms with E-state index in [0.717, 1.165) is 15.9 Å². The van der Waals surface area contributed by atoms with E-state index in [4.69, 9.17) is 0 Å². The molecule has 1 heterocycles. The molecule has 0 unspecified atom stereocenters. The van der Waals surface area contributed by atoms with Crippen LogP contribution in [0.3, 0.4) is 0 Å². The van der Waals surface area contributed by atoms with Crippen molar-refractivity contribution in [3.05, 3.63) is 16.1 Å². The third-order valence-electron chi connectivity index (χ3n) is 3.45. The van der Waals surface area contributed by atoms with Crippen LogP contribution in [0, 0.1) is 6.92 Å². The highest BCUT2D eigenvalue weighted by Gasteiger charge is 2.29. The maximum Gasteiger partial charge on any atom is 0.315 e. The van der Waals surface area contributed by atoms with Crippen molar-refractivity contribution in [2.75, 3.05) is 13.6 Å². The molecule has 1 atom stereocenters. The summed E-state index contributed by atoms with van der Waals surface area (Å²) in [5.41, 5.74) is 0. The lowest BCUT2D eigenvalue weighted by atomic mass is 10.3. The average molecular weight is 282 g/mol. The third kappa shape index (κ3) is 4.47. The van der Waals surface area contributed by atoms with Crippen LogP contribution in [0.4, 0.5) is 4.79 Å². The second-order valence-corrected chi connectivity index (χ2v) is 6.49. The highest BCUT2D eigenvalue weighted by molar-refractivity contribution is 7.11. The van der Waals surface area contributed by atoms with Gasteiger partial charge in [0.05, 0.1) is 6.54 Å². The highest BCUT2D eigenvalue weighted by atomic mass is 32.1. The molecule has 1 aliphatic carbocycles. The Kier molecular flexibility index (Phi) is 4.76. The van der Waals surface area contributed by atoms with Crippen molar-refractivity contribution in [3.63, 3.8) is 0 Å². The standard InChI is InChI=1S/C13H22N4OS/c1-9(17(3)11-4-5-11)6-15-13(18)16-8-12-14-7-10(2)19-12/h7,9,11H,4-6,8H2,1-3H3,(H2,15,16,18)/t9-/m1/s1. The van der Waals surface area contributed by atoms with Gasteiger partial charge in [-0.1, -0.05) is 0 Å². The van der Waals surface area contributed by atoms with E-state index < -0.39 is 0 Å². The molecule has 0 saturated heterocycles. The van der Waals surface area contributed by atoms with Crippen LogP contribution in [-0.2, 0) is 6.54 Å². The summed E-state index contributed by atoms with van der Waals surface area (Å²) in [6.45, 7) is 5.33. The number of hydrogen-bond donors (Lipinski definition) is 2. The van der Waals surface area contributed by atoms with Crippen LogP contribution < -0.4 is 10.6 Å². The first-order valence-electron chi connectivity index (χ1n) is 6.71. The molecule has 0 bridgehead atoms. The fraction of sp³-hybridized carbons (Fsp3) is 0.692. The molecular weight excluding hydrogens is 260 g/mol. The van der Waals surface area contributed by atoms with E-state index in [0.29, 0.717) is 19.1 Å². The minimum Gasteiger partial charge on any atom is -0.337 e. The molecule has 106 valence electrons. The number of carbonyl (C=O) groups excluding carboxylic acids is 1. The summed E-state index contributed by atoms with van der Waals surface area (Å²) in [5.74, 6) is 0. The number of hydrogen-bond acceptors (Lipinski definition) is 4. The van der Waals surface area contributed by atoms with Gasteiger partial charge in [0.25, 0.3) is 0 Å². The number of urea groups is 1. The van der Waals surface area contributed by atoms with Crippen molar-refractivity contribution in [2.45, 2.75) is 45.3 Å². The molecule has 1 aromatic rings. The van der Waals surface area contributed by atoms with Crippen LogP contribution in [0.1, 0.15) is 29.7 Å². The largest absolute Gasteiger partial charge is 0.337 e. The Hall–Kier alpha value is -1.14. The van der Waals surface area contributed by atoms with Crippen LogP contribution >= 0.6 is 11.3 Å². The predicted octanol–water partition coefficient (Wildman–Crippen LogP) is 1.73. The first-order valence-corrected chi connectivity index (χ1v) is 7.53. The number of thiazole rings is 1. The summed E-state index contributed by atoms with van der Waals surface area (Å²) in [6, 6.07) is 0.974. The molecule has 2 rings (SSSR count). The summed E-state index contributed by atoms with van der Waals surface area (Å²) < 4.78 is 0. The monoisotopic (exact) mass is 282 g/mol. The molecule has 2 N–H and O–H groups in total. The van der Waals surface area contributed by atoms with Crippen LogP contribution in [-0.4, -0.2) is 41.6 Å². The van der Waals surface area contributed by atoms with E-state index in [1.165, 1.54) is 12.8 Å². The molecule has 0 radical (unpaired) electrons. The van der Waals surface area contributed by atoms with Gasteiger partial charge in [0.2, 0.25) is 0 Å². The van der Waals surface area contributed by atoms with Gasteiger partial charge >= 0.3 is 6.03 Å². The van der Waals surface area contributed by atoms with Gasteiger partial charge in [-0.3, -0.25) is 4.90 Å². The number of amides is 2. The van der Waals surface area contributed by atoms with E-state index in [2.05, 4.69) is 34.5 Å². The molecule has 1 aromatic heterocycles. The molecule has 6 heteroatoms. The highest BCUT2D eigenvalue weighted by Crippen LogP contribution is 2.26. The molecule has 0 aliphatic heterocycles. The molecule has 5 nitrogen and oxygen atoms in total. The zero-order valence-electron chi connectivity index (χ0n) is 11.8. The fourth-order valence-corrected chi connectivity index (χ4v) is 2.65. The van der Waals surface area contributed by atoms with Crippen molar-refractivity contribution in [1.82, 2.24) is 20.5 Å². The average Bonchev–Trinajstić information content (AvgIpc) is 3.16. The predicted molar refractivity (Wildman–Crippen MR) is 77.3 cm³/mol. The molecule has 0 spiro atoms. The van der Waals surface area contributed by atoms with Gasteiger partial charge in [0.15, 0.2) is 0 Å². The van der Waals surface area contributed by atoms with Crippen molar-refractivity contribution in [2.24, 2.45) is 0 Å². The van der Waals surface area contributed by atoms with E-state index in [1.807, 2.05) is 13.1 Å². The van der Waals surface area contributed by atoms with Crippen LogP contribution in [0.5, 0.6) is 0 Å². The number of nitrogens with zero attached hydrogens (tertiary/aromatic N) is 2. The molecule has 19 heavy (non-hydrogen) atoms. The summed E-state index contributed by atoms with van der Waals surface area (Å²) in [7, 11) is 2.13. The van der Waals surface area contributed by atoms with Crippen molar-refractivity contribution in [1.29, 1.82) is 0 Å². The normalized spacial score (nSPS) is 16.4. The SMILES string of the molecule is Cc1cnc(CNC(=O)NC[C@@H](C)N(C)C2CC2)s1. The van der Waals surface area contributed by atoms with E-state index in [9.17, 15) is 4.79 Å². The number of aromatic nitrogens is 1. The van der Waals surface area contributed by atoms with E-state index in [-0.39, 0.29) is 6.03 Å². The van der Waals surface area contributed by atoms with E-state index >= 15 is 0 Å². The first-order chi connectivity index (χ1) is 9.06. The van der Waals surface area contributed by atoms with Crippen LogP contribution in [0.2, 0.25) is 0 Å². The first kappa shape index (κ1) is 14.3. The summed E-state index contributed by atoms with van der Waals surface area (Å²) in [5, 5.41) is 6.68. The topological polar surface area (TPSA) is 57.3 Å². The minimum atomic E-state index is -0.121. The van der Waals surface area contributed by atoms with Crippen LogP contribution in [0.15, 0.2) is 6.20 Å². The van der Waals surface area contributed by atoms with Gasteiger partial charge in [-0.2, -0.15) is 0 Å². The van der Waals surface area contributed by atoms with Gasteiger partial charge in [-0.05, 0) is 33.7 Å². The lowest BCUT2D eigenvalue weighted by Crippen LogP contribution is -2.44. The lowest BCUT2D eigenvalue weighted by Gasteiger charge is -2.24. The second kappa shape index (κ2) is 6.34. The zero-order chi connectivity index (χ0) is 13.8. The van der Waals surface area contributed by atoms with Crippen molar-refractivity contribution >= 4 is 17.4 Å². The summed E-state index contributed by atoms with van der Waals surface area (Å²) in [6.07, 6.45) is 4.40. The second-order valence-electron chi connectivity index (χ2n) is 5.17. The van der Waals surface area contributed by atoms with E-state index in [1.54, 1.807) is 11.3 Å². The number of aryl methyl sites for hydroxylation is 1. The van der Waals surface area contributed by atoms with Gasteiger partial charge < -0.3 is 10.6 Å². The maximum absolute atomic E-state index is 11.7. The summed E-state index contributed by atoms with van der Waals surface area (Å²) >= 11 is 1.61. The number of rotatable bonds is 6. The molecular formula is C13H22N4OS. The van der Waals surface area contributed by atoms with Crippen molar-refractivity contribution in [3.8, 4) is 0 Å². The fourth-order valence-electron chi connectivity index (χ4n) is 1.93. The number of likely N-dealkylation sites (N-methyl/N-ethyl adjacent to an activating group) is 1. The lowest BCUT2D eigenvalue weighted by molar-refractivity contribution is 0.222.